The molecular weight excluding hydrogens is 322 g/mol. The minimum atomic E-state index is -0.481. The van der Waals surface area contributed by atoms with Crippen molar-refractivity contribution in [2.24, 2.45) is 0 Å². The van der Waals surface area contributed by atoms with Crippen LogP contribution in [0, 0.1) is 0 Å². The Morgan fingerprint density at radius 2 is 1.96 bits per heavy atom. The summed E-state index contributed by atoms with van der Waals surface area (Å²) in [4.78, 5) is 24.3. The first-order valence-corrected chi connectivity index (χ1v) is 8.99. The third-order valence-electron chi connectivity index (χ3n) is 3.75. The quantitative estimate of drug-likeness (QED) is 0.715. The molecule has 1 atom stereocenters. The molecule has 3 amide bonds. The maximum absolute atomic E-state index is 11.9. The van der Waals surface area contributed by atoms with Gasteiger partial charge in [-0.05, 0) is 23.4 Å². The minimum absolute atomic E-state index is 0.0520. The molecule has 0 fully saturated rings. The second-order valence-electron chi connectivity index (χ2n) is 5.55. The number of imide groups is 1. The molecule has 128 valence electrons. The lowest BCUT2D eigenvalue weighted by atomic mass is 10.0. The van der Waals surface area contributed by atoms with E-state index in [-0.39, 0.29) is 18.5 Å². The fraction of sp³-hybridized carbons (Fsp3) is 0.333. The van der Waals surface area contributed by atoms with Crippen LogP contribution in [-0.2, 0) is 11.2 Å². The fourth-order valence-corrected chi connectivity index (χ4v) is 3.38. The van der Waals surface area contributed by atoms with E-state index in [2.05, 4.69) is 47.9 Å². The molecule has 1 aromatic heterocycles. The number of carbonyl (C=O) groups is 2. The highest BCUT2D eigenvalue weighted by Gasteiger charge is 2.20. The van der Waals surface area contributed by atoms with Crippen LogP contribution < -0.4 is 16.0 Å². The summed E-state index contributed by atoms with van der Waals surface area (Å²) >= 11 is 1.67. The molecule has 0 saturated heterocycles. The Balaban J connectivity index is 2.08. The monoisotopic (exact) mass is 346 g/mol. The van der Waals surface area contributed by atoms with Gasteiger partial charge in [0, 0.05) is 12.6 Å². The number of nitrogens with two attached hydrogens (primary N) is 1. The van der Waals surface area contributed by atoms with E-state index in [9.17, 15) is 9.59 Å². The number of amides is 3. The van der Waals surface area contributed by atoms with Crippen molar-refractivity contribution in [2.75, 3.05) is 13.6 Å². The Bertz CT molecular complexity index is 653. The normalized spacial score (nSPS) is 11.8. The average Bonchev–Trinajstić information content (AvgIpc) is 3.11. The van der Waals surface area contributed by atoms with Crippen molar-refractivity contribution in [3.05, 3.63) is 57.8 Å². The third-order valence-corrected chi connectivity index (χ3v) is 4.70. The lowest BCUT2D eigenvalue weighted by molar-refractivity contribution is -0.676. The summed E-state index contributed by atoms with van der Waals surface area (Å²) in [6, 6.07) is 12.2. The van der Waals surface area contributed by atoms with Crippen molar-refractivity contribution in [1.82, 2.24) is 10.6 Å². The summed E-state index contributed by atoms with van der Waals surface area (Å²) in [6.07, 6.45) is 2.20. The molecule has 5 nitrogen and oxygen atoms in total. The van der Waals surface area contributed by atoms with E-state index in [1.54, 1.807) is 11.3 Å². The molecule has 0 saturated carbocycles. The van der Waals surface area contributed by atoms with Gasteiger partial charge in [-0.25, -0.2) is 4.79 Å². The van der Waals surface area contributed by atoms with Gasteiger partial charge in [0.25, 0.3) is 5.91 Å². The van der Waals surface area contributed by atoms with E-state index in [1.807, 2.05) is 16.8 Å². The summed E-state index contributed by atoms with van der Waals surface area (Å²) in [5.74, 6) is -0.307. The number of carbonyl (C=O) groups excluding carboxylic acids is 2. The molecule has 0 radical (unpaired) electrons. The van der Waals surface area contributed by atoms with Gasteiger partial charge in [0.15, 0.2) is 6.54 Å². The molecule has 2 aromatic rings. The summed E-state index contributed by atoms with van der Waals surface area (Å²) in [6.45, 7) is 2.36. The van der Waals surface area contributed by atoms with E-state index >= 15 is 0 Å². The Morgan fingerprint density at radius 1 is 1.21 bits per heavy atom. The first-order valence-electron chi connectivity index (χ1n) is 8.11. The van der Waals surface area contributed by atoms with Gasteiger partial charge in [-0.2, -0.15) is 0 Å². The topological polar surface area (TPSA) is 74.8 Å². The number of urea groups is 1. The van der Waals surface area contributed by atoms with Crippen molar-refractivity contribution in [1.29, 1.82) is 0 Å². The molecule has 1 aromatic carbocycles. The molecule has 0 aliphatic rings. The maximum atomic E-state index is 11.9. The Hall–Kier alpha value is -2.18. The average molecular weight is 346 g/mol. The predicted octanol–water partition coefficient (Wildman–Crippen LogP) is 1.81. The van der Waals surface area contributed by atoms with Crippen LogP contribution >= 0.6 is 11.3 Å². The van der Waals surface area contributed by atoms with Crippen LogP contribution in [0.4, 0.5) is 4.79 Å². The second-order valence-corrected chi connectivity index (χ2v) is 6.53. The van der Waals surface area contributed by atoms with E-state index in [0.29, 0.717) is 0 Å². The number of hydrogen-bond donors (Lipinski definition) is 3. The predicted molar refractivity (Wildman–Crippen MR) is 96.0 cm³/mol. The summed E-state index contributed by atoms with van der Waals surface area (Å²) in [5, 5.41) is 8.66. The first-order chi connectivity index (χ1) is 11.6. The van der Waals surface area contributed by atoms with Crippen LogP contribution in [-0.4, -0.2) is 25.5 Å². The molecule has 1 heterocycles. The van der Waals surface area contributed by atoms with Crippen LogP contribution in [0.3, 0.4) is 0 Å². The molecule has 0 bridgehead atoms. The van der Waals surface area contributed by atoms with Crippen molar-refractivity contribution in [2.45, 2.75) is 25.8 Å². The molecular formula is C18H24N3O2S+. The number of hydrogen-bond acceptors (Lipinski definition) is 3. The summed E-state index contributed by atoms with van der Waals surface area (Å²) < 4.78 is 0. The van der Waals surface area contributed by atoms with Crippen LogP contribution in [0.2, 0.25) is 0 Å². The second kappa shape index (κ2) is 9.20. The van der Waals surface area contributed by atoms with Crippen molar-refractivity contribution < 1.29 is 14.9 Å². The molecule has 0 spiro atoms. The van der Waals surface area contributed by atoms with Gasteiger partial charge in [0.1, 0.15) is 6.04 Å². The number of aryl methyl sites for hydroxylation is 1. The third kappa shape index (κ3) is 5.18. The standard InChI is InChI=1S/C18H23N3O2S/c1-3-5-13-7-9-14(10-8-13)17(15-6-4-11-24-15)20-12-16(22)21-18(23)19-2/h4,6-11,17,20H,3,5,12H2,1-2H3,(H2,19,21,22,23)/p+1/t17-/m1/s1. The number of rotatable bonds is 7. The first kappa shape index (κ1) is 18.2. The number of benzene rings is 1. The molecule has 2 rings (SSSR count). The molecule has 0 aliphatic carbocycles. The number of thiophene rings is 1. The molecule has 4 N–H and O–H groups in total. The highest BCUT2D eigenvalue weighted by Crippen LogP contribution is 2.23. The number of nitrogens with one attached hydrogen (secondary N) is 2. The molecule has 24 heavy (non-hydrogen) atoms. The molecule has 0 aliphatic heterocycles. The van der Waals surface area contributed by atoms with Crippen molar-refractivity contribution in [3.63, 3.8) is 0 Å². The highest BCUT2D eigenvalue weighted by molar-refractivity contribution is 7.10. The lowest BCUT2D eigenvalue weighted by Crippen LogP contribution is -2.87. The Labute approximate surface area is 146 Å². The van der Waals surface area contributed by atoms with Gasteiger partial charge < -0.3 is 10.6 Å². The highest BCUT2D eigenvalue weighted by atomic mass is 32.1. The van der Waals surface area contributed by atoms with Crippen LogP contribution in [0.25, 0.3) is 0 Å². The van der Waals surface area contributed by atoms with Crippen LogP contribution in [0.5, 0.6) is 0 Å². The van der Waals surface area contributed by atoms with E-state index in [0.717, 1.165) is 18.4 Å². The van der Waals surface area contributed by atoms with E-state index in [1.165, 1.54) is 17.5 Å². The van der Waals surface area contributed by atoms with Crippen LogP contribution in [0.1, 0.15) is 35.4 Å². The van der Waals surface area contributed by atoms with Gasteiger partial charge in [-0.15, -0.1) is 11.3 Å². The smallest absolute Gasteiger partial charge is 0.321 e. The van der Waals surface area contributed by atoms with Gasteiger partial charge in [-0.3, -0.25) is 10.1 Å². The van der Waals surface area contributed by atoms with Crippen molar-refractivity contribution in [3.8, 4) is 0 Å². The van der Waals surface area contributed by atoms with Gasteiger partial charge in [0.2, 0.25) is 0 Å². The van der Waals surface area contributed by atoms with Crippen molar-refractivity contribution >= 4 is 23.3 Å². The zero-order chi connectivity index (χ0) is 17.4. The molecule has 6 heteroatoms. The van der Waals surface area contributed by atoms with Crippen LogP contribution in [0.15, 0.2) is 41.8 Å². The Kier molecular flexibility index (Phi) is 6.96. The summed E-state index contributed by atoms with van der Waals surface area (Å²) in [7, 11) is 1.48. The fourth-order valence-electron chi connectivity index (χ4n) is 2.53. The maximum Gasteiger partial charge on any atom is 0.321 e. The zero-order valence-corrected chi connectivity index (χ0v) is 14.9. The number of quaternary nitrogens is 1. The van der Waals surface area contributed by atoms with E-state index in [4.69, 9.17) is 0 Å². The van der Waals surface area contributed by atoms with Gasteiger partial charge in [-0.1, -0.05) is 43.7 Å². The lowest BCUT2D eigenvalue weighted by Gasteiger charge is -2.15. The summed E-state index contributed by atoms with van der Waals surface area (Å²) in [5.41, 5.74) is 2.48. The molecule has 0 unspecified atom stereocenters. The Morgan fingerprint density at radius 3 is 2.54 bits per heavy atom. The SMILES string of the molecule is CCCc1ccc([C@@H]([NH2+]CC(=O)NC(=O)NC)c2cccs2)cc1. The minimum Gasteiger partial charge on any atom is -0.341 e. The largest absolute Gasteiger partial charge is 0.341 e. The van der Waals surface area contributed by atoms with E-state index < -0.39 is 6.03 Å². The van der Waals surface area contributed by atoms with Gasteiger partial charge >= 0.3 is 6.03 Å². The van der Waals surface area contributed by atoms with Gasteiger partial charge in [0.05, 0.1) is 4.88 Å². The zero-order valence-electron chi connectivity index (χ0n) is 14.0.